The van der Waals surface area contributed by atoms with E-state index in [2.05, 4.69) is 10.0 Å². The molecule has 2 aromatic rings. The first kappa shape index (κ1) is 21.0. The van der Waals surface area contributed by atoms with Crippen LogP contribution in [0.5, 0.6) is 0 Å². The minimum atomic E-state index is -4.19. The van der Waals surface area contributed by atoms with Crippen LogP contribution in [0.15, 0.2) is 47.4 Å². The number of anilines is 1. The van der Waals surface area contributed by atoms with Crippen LogP contribution in [0.4, 0.5) is 11.4 Å². The molecule has 1 fully saturated rings. The molecule has 1 heterocycles. The molecule has 29 heavy (non-hydrogen) atoms. The number of amides is 1. The minimum absolute atomic E-state index is 0.0509. The van der Waals surface area contributed by atoms with Gasteiger partial charge in [-0.15, -0.1) is 0 Å². The molecule has 0 radical (unpaired) electrons. The Morgan fingerprint density at radius 1 is 1.28 bits per heavy atom. The van der Waals surface area contributed by atoms with Crippen molar-refractivity contribution >= 4 is 38.9 Å². The fraction of sp³-hybridized carbons (Fsp3) is 0.278. The van der Waals surface area contributed by atoms with Crippen LogP contribution >= 0.6 is 11.6 Å². The van der Waals surface area contributed by atoms with Crippen LogP contribution in [-0.4, -0.2) is 38.5 Å². The van der Waals surface area contributed by atoms with E-state index in [0.717, 1.165) is 31.0 Å². The van der Waals surface area contributed by atoms with Gasteiger partial charge >= 0.3 is 0 Å². The fourth-order valence-electron chi connectivity index (χ4n) is 2.88. The molecule has 1 aliphatic rings. The van der Waals surface area contributed by atoms with Gasteiger partial charge in [0.1, 0.15) is 5.02 Å². The summed E-state index contributed by atoms with van der Waals surface area (Å²) in [6.45, 7) is 0.980. The number of rotatable bonds is 7. The first-order valence-corrected chi connectivity index (χ1v) is 10.6. The summed E-state index contributed by atoms with van der Waals surface area (Å²) in [6.07, 6.45) is 1.73. The van der Waals surface area contributed by atoms with Gasteiger partial charge in [-0.1, -0.05) is 23.7 Å². The number of hydrogen-bond acceptors (Lipinski definition) is 6. The largest absolute Gasteiger partial charge is 0.376 e. The normalized spacial score (nSPS) is 16.4. The molecule has 1 saturated heterocycles. The predicted octanol–water partition coefficient (Wildman–Crippen LogP) is 2.96. The standard InChI is InChI=1S/C18H18ClN3O6S/c19-15-8-7-13(10-17(15)22(24)25)29(26,27)21-16-6-2-1-5-14(16)18(23)20-11-12-4-3-9-28-12/h1-2,5-8,10,12,21H,3-4,9,11H2,(H,20,23). The molecular weight excluding hydrogens is 422 g/mol. The Kier molecular flexibility index (Phi) is 6.36. The Morgan fingerprint density at radius 2 is 2.03 bits per heavy atom. The summed E-state index contributed by atoms with van der Waals surface area (Å²) in [5.74, 6) is -0.458. The zero-order chi connectivity index (χ0) is 21.0. The molecule has 0 bridgehead atoms. The Hall–Kier alpha value is -2.69. The molecule has 0 aromatic heterocycles. The van der Waals surface area contributed by atoms with Gasteiger partial charge in [-0.25, -0.2) is 8.42 Å². The Bertz CT molecular complexity index is 1040. The fourth-order valence-corrected chi connectivity index (χ4v) is 4.17. The van der Waals surface area contributed by atoms with E-state index in [1.807, 2.05) is 0 Å². The molecule has 1 amide bonds. The zero-order valence-electron chi connectivity index (χ0n) is 15.1. The molecule has 1 atom stereocenters. The van der Waals surface area contributed by atoms with Crippen molar-refractivity contribution in [3.8, 4) is 0 Å². The number of ether oxygens (including phenoxy) is 1. The number of sulfonamides is 1. The van der Waals surface area contributed by atoms with Gasteiger partial charge in [0.25, 0.3) is 21.6 Å². The van der Waals surface area contributed by atoms with E-state index in [-0.39, 0.29) is 27.3 Å². The molecule has 2 N–H and O–H groups in total. The van der Waals surface area contributed by atoms with Crippen molar-refractivity contribution in [3.05, 3.63) is 63.2 Å². The van der Waals surface area contributed by atoms with Crippen molar-refractivity contribution in [1.29, 1.82) is 0 Å². The van der Waals surface area contributed by atoms with Gasteiger partial charge in [-0.2, -0.15) is 0 Å². The lowest BCUT2D eigenvalue weighted by Gasteiger charge is -2.14. The highest BCUT2D eigenvalue weighted by atomic mass is 35.5. The van der Waals surface area contributed by atoms with E-state index in [0.29, 0.717) is 13.2 Å². The second kappa shape index (κ2) is 8.76. The maximum absolute atomic E-state index is 12.7. The minimum Gasteiger partial charge on any atom is -0.376 e. The van der Waals surface area contributed by atoms with Crippen LogP contribution in [0, 0.1) is 10.1 Å². The summed E-state index contributed by atoms with van der Waals surface area (Å²) in [5.41, 5.74) is -0.357. The van der Waals surface area contributed by atoms with Gasteiger partial charge in [0.15, 0.2) is 0 Å². The third kappa shape index (κ3) is 5.03. The molecule has 154 valence electrons. The summed E-state index contributed by atoms with van der Waals surface area (Å²) < 4.78 is 33.2. The molecule has 2 aromatic carbocycles. The quantitative estimate of drug-likeness (QED) is 0.504. The molecule has 9 nitrogen and oxygen atoms in total. The summed E-state index contributed by atoms with van der Waals surface area (Å²) in [7, 11) is -4.19. The highest BCUT2D eigenvalue weighted by Gasteiger charge is 2.23. The van der Waals surface area contributed by atoms with Crippen LogP contribution in [-0.2, 0) is 14.8 Å². The number of carbonyl (C=O) groups excluding carboxylic acids is 1. The van der Waals surface area contributed by atoms with Crippen molar-refractivity contribution in [2.45, 2.75) is 23.8 Å². The van der Waals surface area contributed by atoms with E-state index >= 15 is 0 Å². The maximum Gasteiger partial charge on any atom is 0.289 e. The number of nitrogens with zero attached hydrogens (tertiary/aromatic N) is 1. The summed E-state index contributed by atoms with van der Waals surface area (Å²) in [5, 5.41) is 13.6. The molecular formula is C18H18ClN3O6S. The van der Waals surface area contributed by atoms with Crippen molar-refractivity contribution < 1.29 is 22.9 Å². The van der Waals surface area contributed by atoms with Crippen molar-refractivity contribution in [3.63, 3.8) is 0 Å². The van der Waals surface area contributed by atoms with Crippen LogP contribution in [0.1, 0.15) is 23.2 Å². The number of para-hydroxylation sites is 1. The van der Waals surface area contributed by atoms with E-state index in [9.17, 15) is 23.3 Å². The van der Waals surface area contributed by atoms with Gasteiger partial charge in [-0.3, -0.25) is 19.6 Å². The van der Waals surface area contributed by atoms with Crippen LogP contribution in [0.25, 0.3) is 0 Å². The molecule has 11 heteroatoms. The Balaban J connectivity index is 1.81. The van der Waals surface area contributed by atoms with Gasteiger partial charge < -0.3 is 10.1 Å². The highest BCUT2D eigenvalue weighted by molar-refractivity contribution is 7.92. The van der Waals surface area contributed by atoms with Crippen molar-refractivity contribution in [2.75, 3.05) is 17.9 Å². The summed E-state index contributed by atoms with van der Waals surface area (Å²) >= 11 is 5.74. The first-order chi connectivity index (χ1) is 13.8. The number of nitro groups is 1. The summed E-state index contributed by atoms with van der Waals surface area (Å²) in [6, 6.07) is 9.23. The predicted molar refractivity (Wildman–Crippen MR) is 107 cm³/mol. The number of nitro benzene ring substituents is 1. The second-order valence-electron chi connectivity index (χ2n) is 6.37. The molecule has 0 saturated carbocycles. The topological polar surface area (TPSA) is 128 Å². The van der Waals surface area contributed by atoms with E-state index in [1.54, 1.807) is 12.1 Å². The third-order valence-corrected chi connectivity index (χ3v) is 6.04. The van der Waals surface area contributed by atoms with Crippen LogP contribution in [0.3, 0.4) is 0 Å². The highest BCUT2D eigenvalue weighted by Crippen LogP contribution is 2.28. The first-order valence-electron chi connectivity index (χ1n) is 8.73. The number of carbonyl (C=O) groups is 1. The van der Waals surface area contributed by atoms with Crippen molar-refractivity contribution in [1.82, 2.24) is 5.32 Å². The molecule has 3 rings (SSSR count). The van der Waals surface area contributed by atoms with Crippen LogP contribution in [0.2, 0.25) is 5.02 Å². The SMILES string of the molecule is O=C(NCC1CCCO1)c1ccccc1NS(=O)(=O)c1ccc(Cl)c([N+](=O)[O-])c1. The molecule has 0 spiro atoms. The molecule has 1 aliphatic heterocycles. The lowest BCUT2D eigenvalue weighted by Crippen LogP contribution is -2.32. The number of nitrogens with one attached hydrogen (secondary N) is 2. The van der Waals surface area contributed by atoms with E-state index in [1.165, 1.54) is 12.1 Å². The van der Waals surface area contributed by atoms with E-state index in [4.69, 9.17) is 16.3 Å². The lowest BCUT2D eigenvalue weighted by molar-refractivity contribution is -0.384. The third-order valence-electron chi connectivity index (χ3n) is 4.35. The molecule has 0 aliphatic carbocycles. The maximum atomic E-state index is 12.7. The lowest BCUT2D eigenvalue weighted by atomic mass is 10.1. The van der Waals surface area contributed by atoms with Gasteiger partial charge in [0.2, 0.25) is 0 Å². The monoisotopic (exact) mass is 439 g/mol. The average molecular weight is 440 g/mol. The van der Waals surface area contributed by atoms with E-state index < -0.39 is 26.5 Å². The average Bonchev–Trinajstić information content (AvgIpc) is 3.20. The number of halogens is 1. The Morgan fingerprint density at radius 3 is 2.72 bits per heavy atom. The zero-order valence-corrected chi connectivity index (χ0v) is 16.7. The van der Waals surface area contributed by atoms with Gasteiger partial charge in [0, 0.05) is 19.2 Å². The summed E-state index contributed by atoms with van der Waals surface area (Å²) in [4.78, 5) is 22.4. The van der Waals surface area contributed by atoms with Crippen LogP contribution < -0.4 is 10.0 Å². The van der Waals surface area contributed by atoms with Gasteiger partial charge in [-0.05, 0) is 37.1 Å². The Labute approximate surface area is 172 Å². The smallest absolute Gasteiger partial charge is 0.289 e. The molecule has 1 unspecified atom stereocenters. The second-order valence-corrected chi connectivity index (χ2v) is 8.46. The van der Waals surface area contributed by atoms with Gasteiger partial charge in [0.05, 0.1) is 27.2 Å². The van der Waals surface area contributed by atoms with Crippen molar-refractivity contribution in [2.24, 2.45) is 0 Å². The number of hydrogen-bond donors (Lipinski definition) is 2. The number of benzene rings is 2.